The molecule has 0 spiro atoms. The van der Waals surface area contributed by atoms with Crippen LogP contribution in [0.1, 0.15) is 44.6 Å². The van der Waals surface area contributed by atoms with Crippen molar-refractivity contribution in [3.8, 4) is 0 Å². The predicted octanol–water partition coefficient (Wildman–Crippen LogP) is 1.81. The van der Waals surface area contributed by atoms with Gasteiger partial charge in [0.05, 0.1) is 0 Å². The fourth-order valence-electron chi connectivity index (χ4n) is 3.19. The minimum atomic E-state index is 0.268. The Bertz CT molecular complexity index is 481. The van der Waals surface area contributed by atoms with Crippen LogP contribution >= 0.6 is 0 Å². The highest BCUT2D eigenvalue weighted by atomic mass is 15.3. The first-order chi connectivity index (χ1) is 9.91. The smallest absolute Gasteiger partial charge is 0.148 e. The van der Waals surface area contributed by atoms with E-state index in [4.69, 9.17) is 5.84 Å². The molecule has 0 aliphatic heterocycles. The third-order valence-electron chi connectivity index (χ3n) is 4.70. The maximum Gasteiger partial charge on any atom is 0.148 e. The fraction of sp³-hybridized carbons (Fsp3) is 0.733. The first-order valence-electron chi connectivity index (χ1n) is 7.61. The van der Waals surface area contributed by atoms with Crippen molar-refractivity contribution >= 4 is 11.6 Å². The van der Waals surface area contributed by atoms with E-state index in [1.54, 1.807) is 6.33 Å². The van der Waals surface area contributed by atoms with Gasteiger partial charge >= 0.3 is 0 Å². The van der Waals surface area contributed by atoms with Gasteiger partial charge in [-0.1, -0.05) is 13.8 Å². The number of nitrogens with two attached hydrogens (primary N) is 1. The summed E-state index contributed by atoms with van der Waals surface area (Å²) in [6, 6.07) is 0. The number of nitrogens with one attached hydrogen (secondary N) is 1. The summed E-state index contributed by atoms with van der Waals surface area (Å²) in [7, 11) is 6.45. The Morgan fingerprint density at radius 2 is 1.95 bits per heavy atom. The standard InChI is InChI=1S/C15H28N6/c1-11(2)12-13(19-16)17-10-18-14(12)21(5)9-15(20(3)4)7-6-8-15/h10-11H,6-9,16H2,1-5H3,(H,17,18,19). The molecule has 6 heteroatoms. The zero-order valence-electron chi connectivity index (χ0n) is 13.8. The number of aromatic nitrogens is 2. The lowest BCUT2D eigenvalue weighted by Gasteiger charge is -2.49. The summed E-state index contributed by atoms with van der Waals surface area (Å²) in [6.45, 7) is 5.25. The largest absolute Gasteiger partial charge is 0.357 e. The quantitative estimate of drug-likeness (QED) is 0.615. The fourth-order valence-corrected chi connectivity index (χ4v) is 3.19. The molecule has 0 aromatic carbocycles. The van der Waals surface area contributed by atoms with E-state index >= 15 is 0 Å². The van der Waals surface area contributed by atoms with Crippen LogP contribution in [0.25, 0.3) is 0 Å². The van der Waals surface area contributed by atoms with Gasteiger partial charge in [-0.25, -0.2) is 15.8 Å². The van der Waals surface area contributed by atoms with Crippen molar-refractivity contribution in [2.45, 2.75) is 44.6 Å². The van der Waals surface area contributed by atoms with E-state index in [2.05, 4.69) is 60.2 Å². The average molecular weight is 292 g/mol. The van der Waals surface area contributed by atoms with E-state index in [-0.39, 0.29) is 5.54 Å². The van der Waals surface area contributed by atoms with E-state index in [0.29, 0.717) is 5.92 Å². The minimum Gasteiger partial charge on any atom is -0.357 e. The second-order valence-electron chi connectivity index (χ2n) is 6.59. The number of likely N-dealkylation sites (N-methyl/N-ethyl adjacent to an activating group) is 2. The van der Waals surface area contributed by atoms with Crippen molar-refractivity contribution in [2.24, 2.45) is 5.84 Å². The van der Waals surface area contributed by atoms with Crippen molar-refractivity contribution in [3.05, 3.63) is 11.9 Å². The topological polar surface area (TPSA) is 70.3 Å². The molecule has 0 amide bonds. The zero-order chi connectivity index (χ0) is 15.6. The number of hydrogen-bond acceptors (Lipinski definition) is 6. The number of nitrogen functional groups attached to an aromatic ring is 1. The first kappa shape index (κ1) is 16.0. The number of nitrogens with zero attached hydrogens (tertiary/aromatic N) is 4. The highest BCUT2D eigenvalue weighted by Crippen LogP contribution is 2.38. The second-order valence-corrected chi connectivity index (χ2v) is 6.59. The highest BCUT2D eigenvalue weighted by Gasteiger charge is 2.40. The lowest BCUT2D eigenvalue weighted by atomic mass is 9.75. The molecule has 0 atom stereocenters. The van der Waals surface area contributed by atoms with Gasteiger partial charge in [-0.3, -0.25) is 0 Å². The Kier molecular flexibility index (Phi) is 4.68. The summed E-state index contributed by atoms with van der Waals surface area (Å²) in [4.78, 5) is 13.4. The molecule has 3 N–H and O–H groups in total. The molecule has 118 valence electrons. The summed E-state index contributed by atoms with van der Waals surface area (Å²) in [5, 5.41) is 0. The molecular formula is C15H28N6. The van der Waals surface area contributed by atoms with E-state index in [1.807, 2.05) is 0 Å². The molecule has 0 radical (unpaired) electrons. The molecule has 2 rings (SSSR count). The number of anilines is 2. The number of rotatable bonds is 6. The van der Waals surface area contributed by atoms with Crippen LogP contribution in [-0.2, 0) is 0 Å². The van der Waals surface area contributed by atoms with Gasteiger partial charge in [0, 0.05) is 24.7 Å². The van der Waals surface area contributed by atoms with Gasteiger partial charge in [0.15, 0.2) is 0 Å². The second kappa shape index (κ2) is 6.15. The maximum absolute atomic E-state index is 5.60. The predicted molar refractivity (Wildman–Crippen MR) is 87.5 cm³/mol. The van der Waals surface area contributed by atoms with Gasteiger partial charge in [0.1, 0.15) is 18.0 Å². The first-order valence-corrected chi connectivity index (χ1v) is 7.61. The maximum atomic E-state index is 5.60. The van der Waals surface area contributed by atoms with Crippen molar-refractivity contribution in [1.29, 1.82) is 0 Å². The molecule has 1 aliphatic carbocycles. The Hall–Kier alpha value is -1.40. The molecule has 6 nitrogen and oxygen atoms in total. The average Bonchev–Trinajstić information content (AvgIpc) is 2.40. The van der Waals surface area contributed by atoms with Crippen molar-refractivity contribution < 1.29 is 0 Å². The van der Waals surface area contributed by atoms with Crippen LogP contribution in [0.2, 0.25) is 0 Å². The molecule has 1 aromatic heterocycles. The van der Waals surface area contributed by atoms with Crippen LogP contribution in [0.15, 0.2) is 6.33 Å². The van der Waals surface area contributed by atoms with Crippen LogP contribution in [-0.4, -0.2) is 48.1 Å². The van der Waals surface area contributed by atoms with Gasteiger partial charge < -0.3 is 15.2 Å². The Morgan fingerprint density at radius 1 is 1.29 bits per heavy atom. The molecule has 1 aromatic rings. The van der Waals surface area contributed by atoms with Gasteiger partial charge in [-0.2, -0.15) is 0 Å². The van der Waals surface area contributed by atoms with Gasteiger partial charge in [0.2, 0.25) is 0 Å². The normalized spacial score (nSPS) is 17.0. The molecule has 1 heterocycles. The molecule has 1 aliphatic rings. The van der Waals surface area contributed by atoms with Crippen LogP contribution in [0.4, 0.5) is 11.6 Å². The summed E-state index contributed by atoms with van der Waals surface area (Å²) < 4.78 is 0. The van der Waals surface area contributed by atoms with Crippen LogP contribution < -0.4 is 16.2 Å². The molecule has 0 bridgehead atoms. The monoisotopic (exact) mass is 292 g/mol. The summed E-state index contributed by atoms with van der Waals surface area (Å²) in [5.41, 5.74) is 4.05. The molecule has 0 unspecified atom stereocenters. The summed E-state index contributed by atoms with van der Waals surface area (Å²) >= 11 is 0. The number of hydrogen-bond donors (Lipinski definition) is 2. The molecular weight excluding hydrogens is 264 g/mol. The van der Waals surface area contributed by atoms with E-state index in [9.17, 15) is 0 Å². The van der Waals surface area contributed by atoms with Crippen molar-refractivity contribution in [1.82, 2.24) is 14.9 Å². The van der Waals surface area contributed by atoms with Crippen LogP contribution in [0.5, 0.6) is 0 Å². The van der Waals surface area contributed by atoms with Crippen LogP contribution in [0.3, 0.4) is 0 Å². The van der Waals surface area contributed by atoms with E-state index < -0.39 is 0 Å². The molecule has 21 heavy (non-hydrogen) atoms. The summed E-state index contributed by atoms with van der Waals surface area (Å²) in [6.07, 6.45) is 5.38. The SMILES string of the molecule is CC(C)c1c(NN)ncnc1N(C)CC1(N(C)C)CCC1. The molecule has 0 saturated heterocycles. The Balaban J connectivity index is 2.29. The number of hydrazine groups is 1. The van der Waals surface area contributed by atoms with Gasteiger partial charge in [0.25, 0.3) is 0 Å². The Labute approximate surface area is 127 Å². The van der Waals surface area contributed by atoms with E-state index in [0.717, 1.165) is 23.7 Å². The van der Waals surface area contributed by atoms with Crippen LogP contribution in [0, 0.1) is 0 Å². The third kappa shape index (κ3) is 2.96. The molecule has 1 fully saturated rings. The van der Waals surface area contributed by atoms with Crippen molar-refractivity contribution in [3.63, 3.8) is 0 Å². The van der Waals surface area contributed by atoms with E-state index in [1.165, 1.54) is 19.3 Å². The molecule has 1 saturated carbocycles. The zero-order valence-corrected chi connectivity index (χ0v) is 13.8. The lowest BCUT2D eigenvalue weighted by Crippen LogP contribution is -2.57. The van der Waals surface area contributed by atoms with Gasteiger partial charge in [-0.05, 0) is 39.3 Å². The highest BCUT2D eigenvalue weighted by molar-refractivity contribution is 5.59. The van der Waals surface area contributed by atoms with Crippen molar-refractivity contribution in [2.75, 3.05) is 38.0 Å². The third-order valence-corrected chi connectivity index (χ3v) is 4.70. The minimum absolute atomic E-state index is 0.268. The van der Waals surface area contributed by atoms with Gasteiger partial charge in [-0.15, -0.1) is 0 Å². The Morgan fingerprint density at radius 3 is 2.38 bits per heavy atom. The summed E-state index contributed by atoms with van der Waals surface area (Å²) in [5.74, 6) is 7.60. The lowest BCUT2D eigenvalue weighted by molar-refractivity contribution is 0.0681.